The average molecular weight is 496 g/mol. The first kappa shape index (κ1) is 22.7. The summed E-state index contributed by atoms with van der Waals surface area (Å²) in [6.07, 6.45) is 6.00. The van der Waals surface area contributed by atoms with Crippen LogP contribution >= 0.6 is 0 Å². The lowest BCUT2D eigenvalue weighted by atomic mass is 10.1. The van der Waals surface area contributed by atoms with Crippen LogP contribution < -0.4 is 20.3 Å². The molecule has 5 aromatic rings. The Morgan fingerprint density at radius 1 is 1.08 bits per heavy atom. The highest BCUT2D eigenvalue weighted by molar-refractivity contribution is 6.01. The monoisotopic (exact) mass is 495 g/mol. The molecule has 6 rings (SSSR count). The van der Waals surface area contributed by atoms with Gasteiger partial charge in [0.1, 0.15) is 17.5 Å². The van der Waals surface area contributed by atoms with E-state index in [0.29, 0.717) is 47.6 Å². The molecule has 0 fully saturated rings. The van der Waals surface area contributed by atoms with Gasteiger partial charge in [-0.25, -0.2) is 19.5 Å². The number of carbonyl (C=O) groups is 1. The van der Waals surface area contributed by atoms with E-state index in [1.807, 2.05) is 44.3 Å². The second-order valence-electron chi connectivity index (χ2n) is 8.92. The van der Waals surface area contributed by atoms with E-state index in [0.717, 1.165) is 22.0 Å². The molecule has 0 unspecified atom stereocenters. The van der Waals surface area contributed by atoms with E-state index in [1.54, 1.807) is 41.1 Å². The summed E-state index contributed by atoms with van der Waals surface area (Å²) >= 11 is 0. The van der Waals surface area contributed by atoms with Crippen molar-refractivity contribution >= 4 is 45.5 Å². The summed E-state index contributed by atoms with van der Waals surface area (Å²) in [5.74, 6) is 2.86. The molecule has 1 aliphatic rings. The van der Waals surface area contributed by atoms with Crippen LogP contribution in [-0.2, 0) is 4.79 Å². The lowest BCUT2D eigenvalue weighted by Crippen LogP contribution is -2.27. The number of aromatic nitrogens is 6. The van der Waals surface area contributed by atoms with Crippen molar-refractivity contribution in [2.45, 2.75) is 25.9 Å². The zero-order chi connectivity index (χ0) is 25.5. The van der Waals surface area contributed by atoms with Crippen LogP contribution in [0.5, 0.6) is 5.88 Å². The van der Waals surface area contributed by atoms with Gasteiger partial charge in [0, 0.05) is 55.3 Å². The van der Waals surface area contributed by atoms with Crippen molar-refractivity contribution in [3.8, 4) is 17.3 Å². The fourth-order valence-corrected chi connectivity index (χ4v) is 4.35. The zero-order valence-electron chi connectivity index (χ0n) is 20.6. The van der Waals surface area contributed by atoms with Crippen LogP contribution in [0.2, 0.25) is 0 Å². The molecular weight excluding hydrogens is 470 g/mol. The molecule has 1 atom stereocenters. The standard InChI is InChI=1S/C26H25N9O2/c1-15-7-10-24(36)34(3)16-8-9-22-32-26(33-35(22)14-16)19-13-29-25(27-2)18-12-28-21(11-17(18)19)30-20-5-4-6-23(31-20)37-15/h4-6,8-9,11-15H,7,10H2,1-3H3,(H,27,29)(H,28,30,31)/t15-/m1/s1. The Balaban J connectivity index is 1.53. The molecule has 186 valence electrons. The molecule has 1 amide bonds. The number of ether oxygens (including phenoxy) is 1. The number of nitrogens with one attached hydrogen (secondary N) is 2. The highest BCUT2D eigenvalue weighted by Crippen LogP contribution is 2.32. The van der Waals surface area contributed by atoms with E-state index in [1.165, 1.54) is 0 Å². The molecule has 2 N–H and O–H groups in total. The quantitative estimate of drug-likeness (QED) is 0.355. The largest absolute Gasteiger partial charge is 0.475 e. The highest BCUT2D eigenvalue weighted by Gasteiger charge is 2.18. The molecule has 0 aliphatic carbocycles. The minimum atomic E-state index is -0.198. The van der Waals surface area contributed by atoms with Gasteiger partial charge in [-0.3, -0.25) is 4.79 Å². The molecule has 0 saturated carbocycles. The molecule has 11 heteroatoms. The third-order valence-electron chi connectivity index (χ3n) is 6.39. The summed E-state index contributed by atoms with van der Waals surface area (Å²) in [6.45, 7) is 1.93. The average Bonchev–Trinajstić information content (AvgIpc) is 3.33. The van der Waals surface area contributed by atoms with Crippen LogP contribution in [0, 0.1) is 0 Å². The third-order valence-corrected chi connectivity index (χ3v) is 6.39. The predicted octanol–water partition coefficient (Wildman–Crippen LogP) is 4.04. The van der Waals surface area contributed by atoms with E-state index in [-0.39, 0.29) is 12.0 Å². The van der Waals surface area contributed by atoms with Crippen molar-refractivity contribution in [1.29, 1.82) is 0 Å². The van der Waals surface area contributed by atoms with Crippen LogP contribution in [0.3, 0.4) is 0 Å². The number of rotatable bonds is 1. The number of fused-ring (bicyclic) bond motifs is 6. The topological polar surface area (TPSA) is 122 Å². The van der Waals surface area contributed by atoms with Gasteiger partial charge in [0.2, 0.25) is 11.8 Å². The lowest BCUT2D eigenvalue weighted by Gasteiger charge is -2.19. The summed E-state index contributed by atoms with van der Waals surface area (Å²) in [6, 6.07) is 11.2. The maximum Gasteiger partial charge on any atom is 0.226 e. The van der Waals surface area contributed by atoms with Crippen LogP contribution in [0.1, 0.15) is 19.8 Å². The summed E-state index contributed by atoms with van der Waals surface area (Å²) in [4.78, 5) is 33.0. The molecule has 6 heterocycles. The van der Waals surface area contributed by atoms with Gasteiger partial charge in [-0.2, -0.15) is 4.98 Å². The zero-order valence-corrected chi connectivity index (χ0v) is 20.6. The smallest absolute Gasteiger partial charge is 0.226 e. The Labute approximate surface area is 212 Å². The molecular formula is C26H25N9O2. The van der Waals surface area contributed by atoms with Crippen molar-refractivity contribution in [1.82, 2.24) is 29.5 Å². The number of pyridine rings is 4. The van der Waals surface area contributed by atoms with Gasteiger partial charge in [0.05, 0.1) is 18.0 Å². The summed E-state index contributed by atoms with van der Waals surface area (Å²) in [5.41, 5.74) is 2.14. The van der Waals surface area contributed by atoms with Crippen molar-refractivity contribution in [2.75, 3.05) is 29.6 Å². The SMILES string of the molecule is CNc1ncc2c3cc(ncc13)Nc1cccc(n1)O[C@H](C)CCC(=O)N(C)c1ccc3nc-2nn3c1. The Morgan fingerprint density at radius 3 is 2.84 bits per heavy atom. The molecule has 11 nitrogen and oxygen atoms in total. The Hall–Kier alpha value is -4.80. The number of nitrogens with zero attached hydrogens (tertiary/aromatic N) is 7. The maximum atomic E-state index is 12.9. The first-order valence-electron chi connectivity index (χ1n) is 12.0. The molecule has 1 aliphatic heterocycles. The normalized spacial score (nSPS) is 15.9. The summed E-state index contributed by atoms with van der Waals surface area (Å²) < 4.78 is 7.69. The first-order chi connectivity index (χ1) is 18.0. The van der Waals surface area contributed by atoms with Gasteiger partial charge < -0.3 is 20.3 Å². The first-order valence-corrected chi connectivity index (χ1v) is 12.0. The number of hydrogen-bond acceptors (Lipinski definition) is 9. The minimum absolute atomic E-state index is 0.0212. The van der Waals surface area contributed by atoms with Crippen LogP contribution in [0.4, 0.5) is 23.1 Å². The van der Waals surface area contributed by atoms with Crippen LogP contribution in [0.25, 0.3) is 27.8 Å². The Morgan fingerprint density at radius 2 is 1.97 bits per heavy atom. The fraction of sp³-hybridized carbons (Fsp3) is 0.231. The summed E-state index contributed by atoms with van der Waals surface area (Å²) in [5, 5.41) is 12.8. The van der Waals surface area contributed by atoms with Gasteiger partial charge in [-0.1, -0.05) is 6.07 Å². The fourth-order valence-electron chi connectivity index (χ4n) is 4.35. The third kappa shape index (κ3) is 4.24. The molecule has 7 bridgehead atoms. The second kappa shape index (κ2) is 9.01. The van der Waals surface area contributed by atoms with Crippen molar-refractivity contribution in [3.63, 3.8) is 0 Å². The van der Waals surface area contributed by atoms with E-state index >= 15 is 0 Å². The Kier molecular flexibility index (Phi) is 5.52. The van der Waals surface area contributed by atoms with Gasteiger partial charge in [0.15, 0.2) is 11.5 Å². The number of anilines is 4. The second-order valence-corrected chi connectivity index (χ2v) is 8.92. The molecule has 0 radical (unpaired) electrons. The number of amides is 1. The van der Waals surface area contributed by atoms with E-state index < -0.39 is 0 Å². The van der Waals surface area contributed by atoms with Crippen molar-refractivity contribution in [2.24, 2.45) is 0 Å². The van der Waals surface area contributed by atoms with Crippen LogP contribution in [0.15, 0.2) is 55.0 Å². The number of carbonyl (C=O) groups excluding carboxylic acids is 1. The molecule has 37 heavy (non-hydrogen) atoms. The maximum absolute atomic E-state index is 12.9. The van der Waals surface area contributed by atoms with Gasteiger partial charge >= 0.3 is 0 Å². The molecule has 5 aromatic heterocycles. The highest BCUT2D eigenvalue weighted by atomic mass is 16.5. The minimum Gasteiger partial charge on any atom is -0.475 e. The van der Waals surface area contributed by atoms with E-state index in [2.05, 4.69) is 25.6 Å². The van der Waals surface area contributed by atoms with Crippen molar-refractivity contribution < 1.29 is 9.53 Å². The van der Waals surface area contributed by atoms with Crippen molar-refractivity contribution in [3.05, 3.63) is 55.0 Å². The summed E-state index contributed by atoms with van der Waals surface area (Å²) in [7, 11) is 3.58. The molecule has 0 spiro atoms. The molecule has 0 aromatic carbocycles. The van der Waals surface area contributed by atoms with Crippen LogP contribution in [-0.4, -0.2) is 55.7 Å². The van der Waals surface area contributed by atoms with E-state index in [4.69, 9.17) is 14.8 Å². The molecule has 0 saturated heterocycles. The van der Waals surface area contributed by atoms with Gasteiger partial charge in [-0.15, -0.1) is 5.10 Å². The van der Waals surface area contributed by atoms with Gasteiger partial charge in [-0.05, 0) is 37.6 Å². The lowest BCUT2D eigenvalue weighted by molar-refractivity contribution is -0.118. The van der Waals surface area contributed by atoms with Gasteiger partial charge in [0.25, 0.3) is 0 Å². The number of hydrogen-bond donors (Lipinski definition) is 2. The van der Waals surface area contributed by atoms with E-state index in [9.17, 15) is 4.79 Å². The predicted molar refractivity (Wildman–Crippen MR) is 141 cm³/mol. The Bertz CT molecular complexity index is 1650.